The number of likely N-dealkylation sites (N-methyl/N-ethyl adjacent to an activating group) is 1. The number of halogens is 2. The lowest BCUT2D eigenvalue weighted by molar-refractivity contribution is 0.0698. The van der Waals surface area contributed by atoms with Gasteiger partial charge in [0.05, 0.1) is 5.69 Å². The van der Waals surface area contributed by atoms with Gasteiger partial charge in [-0.15, -0.1) is 24.8 Å². The lowest BCUT2D eigenvalue weighted by Gasteiger charge is -2.32. The third-order valence-corrected chi connectivity index (χ3v) is 4.33. The number of carbonyl (C=O) groups excluding carboxylic acids is 1. The van der Waals surface area contributed by atoms with Crippen molar-refractivity contribution < 1.29 is 9.53 Å². The van der Waals surface area contributed by atoms with Gasteiger partial charge in [0.15, 0.2) is 0 Å². The van der Waals surface area contributed by atoms with Gasteiger partial charge in [-0.3, -0.25) is 9.78 Å². The summed E-state index contributed by atoms with van der Waals surface area (Å²) in [6, 6.07) is 13.5. The zero-order valence-electron chi connectivity index (χ0n) is 14.8. The number of likely N-dealkylation sites (tertiary alicyclic amines) is 1. The van der Waals surface area contributed by atoms with Crippen LogP contribution in [0.3, 0.4) is 0 Å². The fourth-order valence-electron chi connectivity index (χ4n) is 2.91. The molecule has 1 aromatic heterocycles. The minimum absolute atomic E-state index is 0. The first-order valence-corrected chi connectivity index (χ1v) is 8.35. The highest BCUT2D eigenvalue weighted by Gasteiger charge is 2.23. The summed E-state index contributed by atoms with van der Waals surface area (Å²) < 4.78 is 5.71. The predicted molar refractivity (Wildman–Crippen MR) is 107 cm³/mol. The Balaban J connectivity index is 0.00000169. The van der Waals surface area contributed by atoms with Crippen molar-refractivity contribution in [3.63, 3.8) is 0 Å². The molecule has 2 heterocycles. The second-order valence-corrected chi connectivity index (χ2v) is 6.01. The molecule has 3 rings (SSSR count). The summed E-state index contributed by atoms with van der Waals surface area (Å²) in [6.07, 6.45) is 3.92. The second-order valence-electron chi connectivity index (χ2n) is 6.01. The Labute approximate surface area is 167 Å². The molecule has 26 heavy (non-hydrogen) atoms. The third kappa shape index (κ3) is 5.87. The van der Waals surface area contributed by atoms with E-state index in [0.717, 1.165) is 37.4 Å². The van der Waals surface area contributed by atoms with E-state index in [2.05, 4.69) is 10.3 Å². The Kier molecular flexibility index (Phi) is 9.41. The van der Waals surface area contributed by atoms with Gasteiger partial charge in [0.25, 0.3) is 5.91 Å². The molecule has 5 nitrogen and oxygen atoms in total. The number of nitrogens with zero attached hydrogens (tertiary/aromatic N) is 2. The Bertz CT molecular complexity index is 668. The van der Waals surface area contributed by atoms with Crippen molar-refractivity contribution in [1.29, 1.82) is 0 Å². The van der Waals surface area contributed by atoms with Crippen molar-refractivity contribution in [3.8, 4) is 5.75 Å². The molecule has 0 saturated carbocycles. The van der Waals surface area contributed by atoms with E-state index in [4.69, 9.17) is 4.74 Å². The molecule has 0 aliphatic carbocycles. The van der Waals surface area contributed by atoms with Gasteiger partial charge in [-0.25, -0.2) is 0 Å². The zero-order chi connectivity index (χ0) is 16.8. The highest BCUT2D eigenvalue weighted by molar-refractivity contribution is 5.94. The minimum atomic E-state index is 0. The van der Waals surface area contributed by atoms with Crippen molar-refractivity contribution in [3.05, 3.63) is 59.9 Å². The number of nitrogens with one attached hydrogen (secondary N) is 1. The summed E-state index contributed by atoms with van der Waals surface area (Å²) in [5.74, 6) is 0.829. The topological polar surface area (TPSA) is 54.5 Å². The molecule has 1 saturated heterocycles. The van der Waals surface area contributed by atoms with Crippen LogP contribution in [0.2, 0.25) is 0 Å². The van der Waals surface area contributed by atoms with Gasteiger partial charge in [-0.05, 0) is 56.3 Å². The monoisotopic (exact) mass is 397 g/mol. The summed E-state index contributed by atoms with van der Waals surface area (Å²) in [7, 11) is 1.95. The minimum Gasteiger partial charge on any atom is -0.487 e. The van der Waals surface area contributed by atoms with Gasteiger partial charge in [-0.1, -0.05) is 6.07 Å². The standard InChI is InChI=1S/C19H23N3O2.2ClH/c1-20-16-6-4-12-22(13-16)19(23)15-7-9-18(10-8-15)24-14-17-5-2-3-11-21-17;;/h2-3,5,7-11,16,20H,4,6,12-14H2,1H3;2*1H. The molecule has 0 spiro atoms. The zero-order valence-corrected chi connectivity index (χ0v) is 16.4. The number of benzene rings is 1. The van der Waals surface area contributed by atoms with E-state index in [9.17, 15) is 4.79 Å². The molecule has 1 N–H and O–H groups in total. The molecule has 2 aromatic rings. The SMILES string of the molecule is CNC1CCCN(C(=O)c2ccc(OCc3ccccn3)cc2)C1.Cl.Cl. The van der Waals surface area contributed by atoms with Gasteiger partial charge in [0.1, 0.15) is 12.4 Å². The van der Waals surface area contributed by atoms with Gasteiger partial charge in [-0.2, -0.15) is 0 Å². The quantitative estimate of drug-likeness (QED) is 0.840. The van der Waals surface area contributed by atoms with Crippen LogP contribution < -0.4 is 10.1 Å². The lowest BCUT2D eigenvalue weighted by atomic mass is 10.0. The Hall–Kier alpha value is -1.82. The van der Waals surface area contributed by atoms with Gasteiger partial charge in [0.2, 0.25) is 0 Å². The van der Waals surface area contributed by atoms with Gasteiger partial charge < -0.3 is 15.0 Å². The molecule has 1 aliphatic heterocycles. The molecular weight excluding hydrogens is 373 g/mol. The van der Waals surface area contributed by atoms with Crippen molar-refractivity contribution in [1.82, 2.24) is 15.2 Å². The maximum absolute atomic E-state index is 12.6. The lowest BCUT2D eigenvalue weighted by Crippen LogP contribution is -2.46. The van der Waals surface area contributed by atoms with Crippen LogP contribution in [-0.2, 0) is 6.61 Å². The van der Waals surface area contributed by atoms with E-state index in [-0.39, 0.29) is 30.7 Å². The number of pyridine rings is 1. The van der Waals surface area contributed by atoms with Crippen molar-refractivity contribution in [2.75, 3.05) is 20.1 Å². The Morgan fingerprint density at radius 3 is 2.65 bits per heavy atom. The number of piperidine rings is 1. The number of rotatable bonds is 5. The van der Waals surface area contributed by atoms with Crippen LogP contribution in [0.1, 0.15) is 28.9 Å². The summed E-state index contributed by atoms with van der Waals surface area (Å²) in [5.41, 5.74) is 1.58. The Morgan fingerprint density at radius 1 is 1.23 bits per heavy atom. The number of hydrogen-bond donors (Lipinski definition) is 1. The molecular formula is C19H25Cl2N3O2. The first-order chi connectivity index (χ1) is 11.8. The predicted octanol–water partition coefficient (Wildman–Crippen LogP) is 3.33. The van der Waals surface area contributed by atoms with Gasteiger partial charge >= 0.3 is 0 Å². The van der Waals surface area contributed by atoms with E-state index < -0.39 is 0 Å². The van der Waals surface area contributed by atoms with Crippen LogP contribution in [0.15, 0.2) is 48.7 Å². The van der Waals surface area contributed by atoms with Gasteiger partial charge in [0, 0.05) is 30.9 Å². The summed E-state index contributed by atoms with van der Waals surface area (Å²) in [4.78, 5) is 18.7. The fraction of sp³-hybridized carbons (Fsp3) is 0.368. The smallest absolute Gasteiger partial charge is 0.253 e. The van der Waals surface area contributed by atoms with Crippen LogP contribution in [0.25, 0.3) is 0 Å². The first kappa shape index (κ1) is 22.2. The van der Waals surface area contributed by atoms with Crippen LogP contribution in [0, 0.1) is 0 Å². The molecule has 7 heteroatoms. The molecule has 1 atom stereocenters. The largest absolute Gasteiger partial charge is 0.487 e. The maximum atomic E-state index is 12.6. The number of amides is 1. The van der Waals surface area contributed by atoms with Crippen LogP contribution >= 0.6 is 24.8 Å². The molecule has 1 unspecified atom stereocenters. The number of hydrogen-bond acceptors (Lipinski definition) is 4. The molecule has 1 fully saturated rings. The van der Waals surface area contributed by atoms with Crippen molar-refractivity contribution >= 4 is 30.7 Å². The van der Waals surface area contributed by atoms with Crippen LogP contribution in [0.5, 0.6) is 5.75 Å². The highest BCUT2D eigenvalue weighted by Crippen LogP contribution is 2.17. The molecule has 1 aromatic carbocycles. The number of aromatic nitrogens is 1. The Morgan fingerprint density at radius 2 is 2.00 bits per heavy atom. The fourth-order valence-corrected chi connectivity index (χ4v) is 2.91. The summed E-state index contributed by atoms with van der Waals surface area (Å²) in [5, 5.41) is 3.26. The molecule has 142 valence electrons. The third-order valence-electron chi connectivity index (χ3n) is 4.33. The first-order valence-electron chi connectivity index (χ1n) is 8.35. The molecule has 1 amide bonds. The molecule has 1 aliphatic rings. The average molecular weight is 398 g/mol. The highest BCUT2D eigenvalue weighted by atomic mass is 35.5. The van der Waals surface area contributed by atoms with E-state index in [1.54, 1.807) is 6.20 Å². The maximum Gasteiger partial charge on any atom is 0.253 e. The number of carbonyl (C=O) groups is 1. The second kappa shape index (κ2) is 11.0. The van der Waals surface area contributed by atoms with E-state index in [1.807, 2.05) is 54.4 Å². The summed E-state index contributed by atoms with van der Waals surface area (Å²) in [6.45, 7) is 2.02. The van der Waals surface area contributed by atoms with Crippen molar-refractivity contribution in [2.45, 2.75) is 25.5 Å². The molecule has 0 bridgehead atoms. The number of ether oxygens (including phenoxy) is 1. The summed E-state index contributed by atoms with van der Waals surface area (Å²) >= 11 is 0. The van der Waals surface area contributed by atoms with E-state index in [0.29, 0.717) is 18.2 Å². The van der Waals surface area contributed by atoms with Crippen molar-refractivity contribution in [2.24, 2.45) is 0 Å². The molecule has 0 radical (unpaired) electrons. The van der Waals surface area contributed by atoms with E-state index in [1.165, 1.54) is 0 Å². The van der Waals surface area contributed by atoms with Crippen LogP contribution in [-0.4, -0.2) is 42.0 Å². The van der Waals surface area contributed by atoms with Crippen LogP contribution in [0.4, 0.5) is 0 Å². The van der Waals surface area contributed by atoms with E-state index >= 15 is 0 Å². The normalized spacial score (nSPS) is 16.2. The average Bonchev–Trinajstić information content (AvgIpc) is 2.67.